The van der Waals surface area contributed by atoms with Crippen molar-refractivity contribution in [2.24, 2.45) is 5.92 Å². The van der Waals surface area contributed by atoms with Gasteiger partial charge in [0.2, 0.25) is 5.91 Å². The Labute approximate surface area is 193 Å². The average molecular weight is 498 g/mol. The highest BCUT2D eigenvalue weighted by Gasteiger charge is 2.36. The van der Waals surface area contributed by atoms with E-state index in [9.17, 15) is 4.79 Å². The summed E-state index contributed by atoms with van der Waals surface area (Å²) >= 11 is 3.62. The Kier molecular flexibility index (Phi) is 8.59. The molecule has 0 aromatic heterocycles. The van der Waals surface area contributed by atoms with Crippen LogP contribution in [0.1, 0.15) is 24.0 Å². The van der Waals surface area contributed by atoms with E-state index in [4.69, 9.17) is 9.47 Å². The molecule has 30 heavy (non-hydrogen) atoms. The van der Waals surface area contributed by atoms with Crippen LogP contribution >= 0.6 is 28.3 Å². The number of methoxy groups -OCH3 is 2. The van der Waals surface area contributed by atoms with Crippen molar-refractivity contribution in [2.45, 2.75) is 19.3 Å². The predicted octanol–water partition coefficient (Wildman–Crippen LogP) is 4.76. The van der Waals surface area contributed by atoms with Crippen LogP contribution < -0.4 is 14.4 Å². The van der Waals surface area contributed by atoms with E-state index in [-0.39, 0.29) is 30.2 Å². The van der Waals surface area contributed by atoms with Crippen molar-refractivity contribution in [1.82, 2.24) is 4.90 Å². The Balaban J connectivity index is 0.00000320. The van der Waals surface area contributed by atoms with E-state index in [2.05, 4.69) is 33.0 Å². The molecule has 164 valence electrons. The molecule has 7 heteroatoms. The lowest BCUT2D eigenvalue weighted by Crippen LogP contribution is -2.40. The van der Waals surface area contributed by atoms with Gasteiger partial charge in [0, 0.05) is 24.6 Å². The number of hydrogen-bond acceptors (Lipinski definition) is 4. The Hall–Kier alpha value is -1.76. The van der Waals surface area contributed by atoms with E-state index < -0.39 is 0 Å². The second-order valence-electron chi connectivity index (χ2n) is 7.74. The fourth-order valence-corrected chi connectivity index (χ4v) is 4.51. The molecule has 0 radical (unpaired) electrons. The van der Waals surface area contributed by atoms with Gasteiger partial charge in [0.25, 0.3) is 0 Å². The van der Waals surface area contributed by atoms with E-state index >= 15 is 0 Å². The maximum absolute atomic E-state index is 13.5. The highest BCUT2D eigenvalue weighted by atomic mass is 79.9. The van der Waals surface area contributed by atoms with E-state index in [1.54, 1.807) is 14.2 Å². The van der Waals surface area contributed by atoms with Crippen LogP contribution in [0.25, 0.3) is 0 Å². The molecule has 1 aliphatic heterocycles. The molecule has 0 unspecified atom stereocenters. The lowest BCUT2D eigenvalue weighted by atomic mass is 9.82. The number of likely N-dealkylation sites (N-methyl/N-ethyl adjacent to an activating group) is 1. The fraction of sp³-hybridized carbons (Fsp3) is 0.435. The summed E-state index contributed by atoms with van der Waals surface area (Å²) in [5.74, 6) is 1.67. The van der Waals surface area contributed by atoms with Crippen molar-refractivity contribution in [1.29, 1.82) is 0 Å². The van der Waals surface area contributed by atoms with Crippen LogP contribution in [0.5, 0.6) is 11.5 Å². The molecule has 0 saturated carbocycles. The van der Waals surface area contributed by atoms with Crippen LogP contribution in [0.15, 0.2) is 40.9 Å². The van der Waals surface area contributed by atoms with E-state index in [0.29, 0.717) is 6.54 Å². The quantitative estimate of drug-likeness (QED) is 0.577. The Morgan fingerprint density at radius 3 is 2.33 bits per heavy atom. The lowest BCUT2D eigenvalue weighted by molar-refractivity contribution is -0.122. The van der Waals surface area contributed by atoms with Crippen molar-refractivity contribution in [2.75, 3.05) is 46.3 Å². The maximum Gasteiger partial charge on any atom is 0.230 e. The molecule has 0 saturated heterocycles. The summed E-state index contributed by atoms with van der Waals surface area (Å²) in [5.41, 5.74) is 3.15. The van der Waals surface area contributed by atoms with Gasteiger partial charge in [0.15, 0.2) is 0 Å². The molecule has 0 spiro atoms. The zero-order chi connectivity index (χ0) is 21.1. The molecule has 0 aliphatic carbocycles. The Bertz CT molecular complexity index is 873. The number of benzene rings is 2. The SMILES string of the molecule is COc1ccc([C@@H]2Cc3c(ccc(Br)c3OC)N(CCN(C)C)C(=O)[C@@H]2C)cc1.Cl. The summed E-state index contributed by atoms with van der Waals surface area (Å²) < 4.78 is 12.0. The summed E-state index contributed by atoms with van der Waals surface area (Å²) in [5, 5.41) is 0. The van der Waals surface area contributed by atoms with Gasteiger partial charge >= 0.3 is 0 Å². The number of hydrogen-bond donors (Lipinski definition) is 0. The van der Waals surface area contributed by atoms with Crippen molar-refractivity contribution in [3.05, 3.63) is 52.0 Å². The van der Waals surface area contributed by atoms with Gasteiger partial charge in [0.1, 0.15) is 11.5 Å². The van der Waals surface area contributed by atoms with Crippen LogP contribution in [0.3, 0.4) is 0 Å². The van der Waals surface area contributed by atoms with E-state index in [0.717, 1.165) is 45.8 Å². The van der Waals surface area contributed by atoms with Crippen molar-refractivity contribution < 1.29 is 14.3 Å². The normalized spacial score (nSPS) is 18.5. The minimum atomic E-state index is -0.151. The van der Waals surface area contributed by atoms with Gasteiger partial charge in [0.05, 0.1) is 24.4 Å². The van der Waals surface area contributed by atoms with Gasteiger partial charge in [-0.1, -0.05) is 19.1 Å². The maximum atomic E-state index is 13.5. The smallest absolute Gasteiger partial charge is 0.230 e. The molecule has 1 amide bonds. The zero-order valence-corrected chi connectivity index (χ0v) is 20.5. The van der Waals surface area contributed by atoms with Gasteiger partial charge in [-0.25, -0.2) is 0 Å². The number of nitrogens with zero attached hydrogens (tertiary/aromatic N) is 2. The summed E-state index contributed by atoms with van der Waals surface area (Å²) in [7, 11) is 7.39. The van der Waals surface area contributed by atoms with Gasteiger partial charge in [-0.2, -0.15) is 0 Å². The highest BCUT2D eigenvalue weighted by molar-refractivity contribution is 9.10. The third kappa shape index (κ3) is 4.93. The zero-order valence-electron chi connectivity index (χ0n) is 18.1. The number of halogens is 2. The second-order valence-corrected chi connectivity index (χ2v) is 8.60. The third-order valence-electron chi connectivity index (χ3n) is 5.68. The predicted molar refractivity (Wildman–Crippen MR) is 127 cm³/mol. The number of rotatable bonds is 6. The van der Waals surface area contributed by atoms with Crippen LogP contribution in [0, 0.1) is 5.92 Å². The minimum Gasteiger partial charge on any atom is -0.497 e. The van der Waals surface area contributed by atoms with Crippen molar-refractivity contribution in [3.63, 3.8) is 0 Å². The van der Waals surface area contributed by atoms with E-state index in [1.165, 1.54) is 0 Å². The highest BCUT2D eigenvalue weighted by Crippen LogP contribution is 2.44. The number of amides is 1. The first-order valence-corrected chi connectivity index (χ1v) is 10.6. The standard InChI is InChI=1S/C23H29BrN2O3.ClH/c1-15-18(16-6-8-17(28-4)9-7-16)14-19-21(11-10-20(24)22(19)29-5)26(23(15)27)13-12-25(2)3;/h6-11,15,18H,12-14H2,1-5H3;1H/t15-,18-;/m1./s1. The molecule has 2 aromatic rings. The number of carbonyl (C=O) groups is 1. The second kappa shape index (κ2) is 10.5. The molecular formula is C23H30BrClN2O3. The summed E-state index contributed by atoms with van der Waals surface area (Å²) in [6, 6.07) is 12.0. The summed E-state index contributed by atoms with van der Waals surface area (Å²) in [6.07, 6.45) is 0.732. The molecule has 0 bridgehead atoms. The average Bonchev–Trinajstić information content (AvgIpc) is 2.82. The minimum absolute atomic E-state index is 0. The van der Waals surface area contributed by atoms with Gasteiger partial charge in [-0.3, -0.25) is 4.79 Å². The Morgan fingerprint density at radius 1 is 1.10 bits per heavy atom. The molecule has 1 aliphatic rings. The molecule has 5 nitrogen and oxygen atoms in total. The third-order valence-corrected chi connectivity index (χ3v) is 6.31. The number of anilines is 1. The largest absolute Gasteiger partial charge is 0.497 e. The fourth-order valence-electron chi connectivity index (χ4n) is 3.98. The molecule has 0 fully saturated rings. The number of ether oxygens (including phenoxy) is 2. The molecule has 2 aromatic carbocycles. The summed E-state index contributed by atoms with van der Waals surface area (Å²) in [6.45, 7) is 3.47. The van der Waals surface area contributed by atoms with Gasteiger partial charge in [-0.05, 0) is 72.2 Å². The Morgan fingerprint density at radius 2 is 1.77 bits per heavy atom. The molecular weight excluding hydrogens is 468 g/mol. The van der Waals surface area contributed by atoms with Crippen LogP contribution in [-0.2, 0) is 11.2 Å². The van der Waals surface area contributed by atoms with E-state index in [1.807, 2.05) is 50.2 Å². The van der Waals surface area contributed by atoms with Crippen LogP contribution in [0.4, 0.5) is 5.69 Å². The van der Waals surface area contributed by atoms with Crippen molar-refractivity contribution in [3.8, 4) is 11.5 Å². The number of carbonyl (C=O) groups excluding carboxylic acids is 1. The molecule has 1 heterocycles. The van der Waals surface area contributed by atoms with Crippen LogP contribution in [-0.4, -0.2) is 52.2 Å². The first-order valence-electron chi connectivity index (χ1n) is 9.82. The summed E-state index contributed by atoms with van der Waals surface area (Å²) in [4.78, 5) is 17.6. The van der Waals surface area contributed by atoms with Gasteiger partial charge < -0.3 is 19.3 Å². The topological polar surface area (TPSA) is 42.0 Å². The van der Waals surface area contributed by atoms with Crippen LogP contribution in [0.2, 0.25) is 0 Å². The first-order chi connectivity index (χ1) is 13.9. The first kappa shape index (κ1) is 24.5. The monoisotopic (exact) mass is 496 g/mol. The molecule has 0 N–H and O–H groups in total. The number of fused-ring (bicyclic) bond motifs is 1. The molecule has 2 atom stereocenters. The lowest BCUT2D eigenvalue weighted by Gasteiger charge is -2.28. The molecule has 3 rings (SSSR count). The van der Waals surface area contributed by atoms with Crippen molar-refractivity contribution >= 4 is 39.9 Å². The van der Waals surface area contributed by atoms with Gasteiger partial charge in [-0.15, -0.1) is 12.4 Å².